The predicted molar refractivity (Wildman–Crippen MR) is 68.7 cm³/mol. The molecule has 94 valence electrons. The molecule has 0 aliphatic heterocycles. The van der Waals surface area contributed by atoms with Gasteiger partial charge in [0.2, 0.25) is 0 Å². The normalized spacial score (nSPS) is 28.8. The van der Waals surface area contributed by atoms with Gasteiger partial charge in [-0.05, 0) is 45.4 Å². The zero-order chi connectivity index (χ0) is 12.3. The molecule has 3 nitrogen and oxygen atoms in total. The highest BCUT2D eigenvalue weighted by Crippen LogP contribution is 2.39. The summed E-state index contributed by atoms with van der Waals surface area (Å²) in [6.45, 7) is 6.16. The Labute approximate surface area is 102 Å². The molecule has 0 aromatic rings. The second-order valence-electron chi connectivity index (χ2n) is 5.42. The molecular formula is C12H23NO2S. The third-order valence-electron chi connectivity index (χ3n) is 3.45. The van der Waals surface area contributed by atoms with Gasteiger partial charge in [0.25, 0.3) is 0 Å². The molecule has 0 amide bonds. The van der Waals surface area contributed by atoms with Crippen molar-refractivity contribution in [1.82, 2.24) is 0 Å². The van der Waals surface area contributed by atoms with Crippen molar-refractivity contribution in [2.45, 2.75) is 62.5 Å². The lowest BCUT2D eigenvalue weighted by Crippen LogP contribution is -2.47. The molecule has 1 rings (SSSR count). The van der Waals surface area contributed by atoms with E-state index in [0.717, 1.165) is 5.92 Å². The van der Waals surface area contributed by atoms with Crippen LogP contribution in [0.3, 0.4) is 0 Å². The molecule has 0 heterocycles. The van der Waals surface area contributed by atoms with Crippen LogP contribution in [-0.4, -0.2) is 27.1 Å². The summed E-state index contributed by atoms with van der Waals surface area (Å²) in [7, 11) is 0. The summed E-state index contributed by atoms with van der Waals surface area (Å²) in [5.41, 5.74) is 5.72. The van der Waals surface area contributed by atoms with Crippen molar-refractivity contribution in [3.05, 3.63) is 0 Å². The molecular weight excluding hydrogens is 222 g/mol. The lowest BCUT2D eigenvalue weighted by Gasteiger charge is -2.35. The lowest BCUT2D eigenvalue weighted by atomic mass is 9.91. The molecule has 0 unspecified atom stereocenters. The number of rotatable bonds is 4. The van der Waals surface area contributed by atoms with E-state index in [1.165, 1.54) is 25.7 Å². The summed E-state index contributed by atoms with van der Waals surface area (Å²) in [4.78, 5) is 10.9. The number of aliphatic carboxylic acids is 1. The number of carboxylic acid groups (broad SMARTS) is 1. The molecule has 0 aromatic carbocycles. The maximum Gasteiger partial charge on any atom is 0.321 e. The maximum absolute atomic E-state index is 10.9. The second-order valence-corrected chi connectivity index (χ2v) is 7.37. The molecule has 16 heavy (non-hydrogen) atoms. The third-order valence-corrected chi connectivity index (χ3v) is 5.11. The molecule has 1 fully saturated rings. The molecule has 1 saturated carbocycles. The minimum Gasteiger partial charge on any atom is -0.480 e. The number of nitrogens with two attached hydrogens (primary N) is 1. The van der Waals surface area contributed by atoms with Gasteiger partial charge in [0.1, 0.15) is 6.04 Å². The smallest absolute Gasteiger partial charge is 0.321 e. The van der Waals surface area contributed by atoms with Gasteiger partial charge in [0.05, 0.1) is 0 Å². The number of thioether (sulfide) groups is 1. The van der Waals surface area contributed by atoms with Crippen LogP contribution in [0.25, 0.3) is 0 Å². The molecule has 3 N–H and O–H groups in total. The van der Waals surface area contributed by atoms with Gasteiger partial charge in [-0.3, -0.25) is 4.79 Å². The van der Waals surface area contributed by atoms with Gasteiger partial charge >= 0.3 is 5.97 Å². The van der Waals surface area contributed by atoms with Crippen LogP contribution in [-0.2, 0) is 4.79 Å². The Balaban J connectivity index is 2.49. The fraction of sp³-hybridized carbons (Fsp3) is 0.917. The SMILES string of the molecule is CC1CCC(SC(C)(C)[C@@H](N)C(=O)O)CC1. The fourth-order valence-electron chi connectivity index (χ4n) is 2.15. The molecule has 0 spiro atoms. The van der Waals surface area contributed by atoms with Crippen molar-refractivity contribution in [2.75, 3.05) is 0 Å². The zero-order valence-electron chi connectivity index (χ0n) is 10.4. The molecule has 1 atom stereocenters. The van der Waals surface area contributed by atoms with Gasteiger partial charge in [-0.25, -0.2) is 0 Å². The Hall–Kier alpha value is -0.220. The quantitative estimate of drug-likeness (QED) is 0.798. The van der Waals surface area contributed by atoms with Crippen molar-refractivity contribution in [3.63, 3.8) is 0 Å². The van der Waals surface area contributed by atoms with Crippen LogP contribution in [0.5, 0.6) is 0 Å². The first-order valence-corrected chi connectivity index (χ1v) is 6.87. The number of carboxylic acids is 1. The average molecular weight is 245 g/mol. The largest absolute Gasteiger partial charge is 0.480 e. The van der Waals surface area contributed by atoms with E-state index in [1.807, 2.05) is 13.8 Å². The highest BCUT2D eigenvalue weighted by atomic mass is 32.2. The molecule has 0 bridgehead atoms. The summed E-state index contributed by atoms with van der Waals surface area (Å²) < 4.78 is -0.378. The van der Waals surface area contributed by atoms with Gasteiger partial charge in [0.15, 0.2) is 0 Å². The molecule has 0 aromatic heterocycles. The molecule has 1 aliphatic rings. The summed E-state index contributed by atoms with van der Waals surface area (Å²) in [6, 6.07) is -0.781. The molecule has 0 radical (unpaired) electrons. The Morgan fingerprint density at radius 2 is 1.88 bits per heavy atom. The van der Waals surface area contributed by atoms with E-state index < -0.39 is 12.0 Å². The van der Waals surface area contributed by atoms with Crippen LogP contribution in [0.2, 0.25) is 0 Å². The van der Waals surface area contributed by atoms with Crippen molar-refractivity contribution < 1.29 is 9.90 Å². The fourth-order valence-corrected chi connectivity index (χ4v) is 3.76. The molecule has 0 saturated heterocycles. The predicted octanol–water partition coefficient (Wildman–Crippen LogP) is 2.49. The number of carbonyl (C=O) groups is 1. The maximum atomic E-state index is 10.9. The topological polar surface area (TPSA) is 63.3 Å². The summed E-state index contributed by atoms with van der Waals surface area (Å²) in [5.74, 6) is -0.0743. The van der Waals surface area contributed by atoms with E-state index in [0.29, 0.717) is 5.25 Å². The highest BCUT2D eigenvalue weighted by Gasteiger charge is 2.35. The van der Waals surface area contributed by atoms with Crippen LogP contribution in [0.15, 0.2) is 0 Å². The Kier molecular flexibility index (Phi) is 4.68. The van der Waals surface area contributed by atoms with Crippen molar-refractivity contribution >= 4 is 17.7 Å². The minimum atomic E-state index is -0.901. The summed E-state index contributed by atoms with van der Waals surface area (Å²) in [6.07, 6.45) is 4.91. The van der Waals surface area contributed by atoms with Crippen LogP contribution >= 0.6 is 11.8 Å². The lowest BCUT2D eigenvalue weighted by molar-refractivity contribution is -0.139. The van der Waals surface area contributed by atoms with E-state index >= 15 is 0 Å². The van der Waals surface area contributed by atoms with Crippen LogP contribution in [0, 0.1) is 5.92 Å². The van der Waals surface area contributed by atoms with Crippen LogP contribution < -0.4 is 5.73 Å². The van der Waals surface area contributed by atoms with E-state index in [2.05, 4.69) is 6.92 Å². The van der Waals surface area contributed by atoms with E-state index in [9.17, 15) is 4.79 Å². The van der Waals surface area contributed by atoms with Gasteiger partial charge in [-0.2, -0.15) is 11.8 Å². The molecule has 1 aliphatic carbocycles. The van der Waals surface area contributed by atoms with E-state index in [4.69, 9.17) is 10.8 Å². The Bertz CT molecular complexity index is 247. The third kappa shape index (κ3) is 3.67. The first kappa shape index (κ1) is 13.8. The number of hydrogen-bond acceptors (Lipinski definition) is 3. The molecule has 4 heteroatoms. The van der Waals surface area contributed by atoms with Gasteiger partial charge in [-0.15, -0.1) is 0 Å². The summed E-state index contributed by atoms with van der Waals surface area (Å²) >= 11 is 1.76. The highest BCUT2D eigenvalue weighted by molar-refractivity contribution is 8.01. The van der Waals surface area contributed by atoms with E-state index in [1.54, 1.807) is 11.8 Å². The van der Waals surface area contributed by atoms with Gasteiger partial charge in [-0.1, -0.05) is 6.92 Å². The average Bonchev–Trinajstić information content (AvgIpc) is 2.20. The standard InChI is InChI=1S/C12H23NO2S/c1-8-4-6-9(7-5-8)16-12(2,3)10(13)11(14)15/h8-10H,4-7,13H2,1-3H3,(H,14,15)/t8?,9?,10-/m0/s1. The first-order valence-electron chi connectivity index (χ1n) is 5.99. The van der Waals surface area contributed by atoms with Crippen molar-refractivity contribution in [3.8, 4) is 0 Å². The van der Waals surface area contributed by atoms with Gasteiger partial charge < -0.3 is 10.8 Å². The van der Waals surface area contributed by atoms with Gasteiger partial charge in [0, 0.05) is 10.00 Å². The van der Waals surface area contributed by atoms with Crippen LogP contribution in [0.1, 0.15) is 46.5 Å². The minimum absolute atomic E-state index is 0.378. The van der Waals surface area contributed by atoms with Crippen molar-refractivity contribution in [1.29, 1.82) is 0 Å². The summed E-state index contributed by atoms with van der Waals surface area (Å²) in [5, 5.41) is 9.53. The van der Waals surface area contributed by atoms with Crippen molar-refractivity contribution in [2.24, 2.45) is 11.7 Å². The second kappa shape index (κ2) is 5.41. The number of hydrogen-bond donors (Lipinski definition) is 2. The van der Waals surface area contributed by atoms with E-state index in [-0.39, 0.29) is 4.75 Å². The monoisotopic (exact) mass is 245 g/mol. The zero-order valence-corrected chi connectivity index (χ0v) is 11.2. The first-order chi connectivity index (χ1) is 7.33. The Morgan fingerprint density at radius 3 is 2.31 bits per heavy atom. The Morgan fingerprint density at radius 1 is 1.38 bits per heavy atom. The van der Waals surface area contributed by atoms with Crippen LogP contribution in [0.4, 0.5) is 0 Å².